The van der Waals surface area contributed by atoms with E-state index >= 15 is 0 Å². The molecule has 0 aromatic carbocycles. The van der Waals surface area contributed by atoms with Crippen molar-refractivity contribution in [2.24, 2.45) is 0 Å². The third-order valence-corrected chi connectivity index (χ3v) is 3.79. The van der Waals surface area contributed by atoms with Crippen LogP contribution in [0.25, 0.3) is 0 Å². The number of amides is 2. The summed E-state index contributed by atoms with van der Waals surface area (Å²) in [7, 11) is 0. The first kappa shape index (κ1) is 16.0. The second-order valence-corrected chi connectivity index (χ2v) is 5.39. The maximum absolute atomic E-state index is 12.2. The third-order valence-electron chi connectivity index (χ3n) is 3.10. The van der Waals surface area contributed by atoms with E-state index in [9.17, 15) is 9.59 Å². The molecule has 6 nitrogen and oxygen atoms in total. The normalized spacial score (nSPS) is 16.4. The van der Waals surface area contributed by atoms with Crippen LogP contribution in [-0.2, 0) is 9.53 Å². The number of hydrogen-bond donors (Lipinski definition) is 1. The highest BCUT2D eigenvalue weighted by atomic mass is 35.5. The van der Waals surface area contributed by atoms with Gasteiger partial charge < -0.3 is 15.0 Å². The van der Waals surface area contributed by atoms with Crippen LogP contribution in [0.15, 0.2) is 12.3 Å². The fourth-order valence-electron chi connectivity index (χ4n) is 1.94. The molecule has 0 aliphatic carbocycles. The Kier molecular flexibility index (Phi) is 5.39. The van der Waals surface area contributed by atoms with E-state index in [1.807, 2.05) is 0 Å². The molecule has 1 aromatic rings. The van der Waals surface area contributed by atoms with Crippen LogP contribution >= 0.6 is 23.2 Å². The zero-order valence-corrected chi connectivity index (χ0v) is 12.9. The Balaban J connectivity index is 1.97. The molecule has 1 aliphatic heterocycles. The van der Waals surface area contributed by atoms with Crippen molar-refractivity contribution in [2.45, 2.75) is 13.0 Å². The zero-order chi connectivity index (χ0) is 15.4. The van der Waals surface area contributed by atoms with E-state index in [0.29, 0.717) is 26.3 Å². The van der Waals surface area contributed by atoms with E-state index in [1.165, 1.54) is 12.3 Å². The number of morpholine rings is 1. The summed E-state index contributed by atoms with van der Waals surface area (Å²) in [5.41, 5.74) is 0.256. The van der Waals surface area contributed by atoms with Gasteiger partial charge in [0.05, 0.1) is 23.8 Å². The minimum Gasteiger partial charge on any atom is -0.378 e. The van der Waals surface area contributed by atoms with Crippen molar-refractivity contribution in [2.75, 3.05) is 26.3 Å². The highest BCUT2D eigenvalue weighted by molar-refractivity contribution is 6.41. The van der Waals surface area contributed by atoms with Gasteiger partial charge in [-0.3, -0.25) is 9.59 Å². The van der Waals surface area contributed by atoms with Crippen LogP contribution in [0.5, 0.6) is 0 Å². The average Bonchev–Trinajstić information content (AvgIpc) is 2.50. The Morgan fingerprint density at radius 1 is 1.38 bits per heavy atom. The monoisotopic (exact) mass is 331 g/mol. The predicted molar refractivity (Wildman–Crippen MR) is 78.6 cm³/mol. The SMILES string of the molecule is CC(NC(=O)c1cnc(Cl)c(Cl)c1)C(=O)N1CCOCC1. The number of nitrogens with zero attached hydrogens (tertiary/aromatic N) is 2. The van der Waals surface area contributed by atoms with Crippen LogP contribution in [-0.4, -0.2) is 54.0 Å². The smallest absolute Gasteiger partial charge is 0.253 e. The van der Waals surface area contributed by atoms with Crippen molar-refractivity contribution in [3.8, 4) is 0 Å². The van der Waals surface area contributed by atoms with Gasteiger partial charge in [-0.2, -0.15) is 0 Å². The quantitative estimate of drug-likeness (QED) is 0.849. The number of rotatable bonds is 3. The molecule has 1 aliphatic rings. The molecule has 1 saturated heterocycles. The van der Waals surface area contributed by atoms with Gasteiger partial charge in [-0.05, 0) is 13.0 Å². The van der Waals surface area contributed by atoms with Crippen LogP contribution < -0.4 is 5.32 Å². The number of aromatic nitrogens is 1. The van der Waals surface area contributed by atoms with Crippen LogP contribution in [0.4, 0.5) is 0 Å². The highest BCUT2D eigenvalue weighted by Gasteiger charge is 2.24. The summed E-state index contributed by atoms with van der Waals surface area (Å²) in [6, 6.07) is 0.781. The zero-order valence-electron chi connectivity index (χ0n) is 11.4. The first-order valence-electron chi connectivity index (χ1n) is 6.47. The lowest BCUT2D eigenvalue weighted by molar-refractivity contribution is -0.136. The molecule has 1 N–H and O–H groups in total. The number of hydrogen-bond acceptors (Lipinski definition) is 4. The van der Waals surface area contributed by atoms with Gasteiger partial charge in [0.1, 0.15) is 11.2 Å². The summed E-state index contributed by atoms with van der Waals surface area (Å²) in [6.07, 6.45) is 1.31. The summed E-state index contributed by atoms with van der Waals surface area (Å²) in [4.78, 5) is 29.7. The minimum absolute atomic E-state index is 0.130. The molecule has 2 rings (SSSR count). The predicted octanol–water partition coefficient (Wildman–Crippen LogP) is 1.37. The molecular weight excluding hydrogens is 317 g/mol. The Bertz CT molecular complexity index is 547. The molecule has 0 bridgehead atoms. The maximum Gasteiger partial charge on any atom is 0.253 e. The van der Waals surface area contributed by atoms with Gasteiger partial charge >= 0.3 is 0 Å². The lowest BCUT2D eigenvalue weighted by Crippen LogP contribution is -2.50. The molecule has 21 heavy (non-hydrogen) atoms. The fourth-order valence-corrected chi connectivity index (χ4v) is 2.21. The average molecular weight is 332 g/mol. The van der Waals surface area contributed by atoms with Crippen LogP contribution in [0.2, 0.25) is 10.2 Å². The van der Waals surface area contributed by atoms with E-state index in [1.54, 1.807) is 11.8 Å². The molecule has 2 amide bonds. The minimum atomic E-state index is -0.634. The van der Waals surface area contributed by atoms with Gasteiger partial charge in [0.25, 0.3) is 5.91 Å². The van der Waals surface area contributed by atoms with Crippen molar-refractivity contribution >= 4 is 35.0 Å². The Hall–Kier alpha value is -1.37. The van der Waals surface area contributed by atoms with Crippen molar-refractivity contribution < 1.29 is 14.3 Å². The standard InChI is InChI=1S/C13H15Cl2N3O3/c1-8(13(20)18-2-4-21-5-3-18)17-12(19)9-6-10(14)11(15)16-7-9/h6-8H,2-5H2,1H3,(H,17,19). The van der Waals surface area contributed by atoms with Gasteiger partial charge in [0.2, 0.25) is 5.91 Å². The summed E-state index contributed by atoms with van der Waals surface area (Å²) in [6.45, 7) is 3.74. The number of nitrogens with one attached hydrogen (secondary N) is 1. The fraction of sp³-hybridized carbons (Fsp3) is 0.462. The van der Waals surface area contributed by atoms with E-state index in [2.05, 4.69) is 10.3 Å². The molecule has 0 saturated carbocycles. The summed E-state index contributed by atoms with van der Waals surface area (Å²) >= 11 is 11.5. The van der Waals surface area contributed by atoms with Crippen molar-refractivity contribution in [1.29, 1.82) is 0 Å². The second-order valence-electron chi connectivity index (χ2n) is 4.63. The molecule has 2 heterocycles. The second kappa shape index (κ2) is 7.06. The van der Waals surface area contributed by atoms with Gasteiger partial charge in [-0.1, -0.05) is 23.2 Å². The number of carbonyl (C=O) groups is 2. The number of carbonyl (C=O) groups excluding carboxylic acids is 2. The highest BCUT2D eigenvalue weighted by Crippen LogP contribution is 2.19. The molecule has 1 atom stereocenters. The van der Waals surface area contributed by atoms with Gasteiger partial charge in [-0.15, -0.1) is 0 Å². The number of ether oxygens (including phenoxy) is 1. The van der Waals surface area contributed by atoms with Crippen LogP contribution in [0, 0.1) is 0 Å². The van der Waals surface area contributed by atoms with E-state index in [0.717, 1.165) is 0 Å². The van der Waals surface area contributed by atoms with Gasteiger partial charge in [0.15, 0.2) is 0 Å². The van der Waals surface area contributed by atoms with E-state index in [-0.39, 0.29) is 21.6 Å². The number of pyridine rings is 1. The Morgan fingerprint density at radius 2 is 2.05 bits per heavy atom. The molecule has 0 radical (unpaired) electrons. The lowest BCUT2D eigenvalue weighted by Gasteiger charge is -2.29. The summed E-state index contributed by atoms with van der Waals surface area (Å²) in [5, 5.41) is 2.95. The molecule has 1 unspecified atom stereocenters. The summed E-state index contributed by atoms with van der Waals surface area (Å²) < 4.78 is 5.19. The lowest BCUT2D eigenvalue weighted by atomic mass is 10.2. The van der Waals surface area contributed by atoms with E-state index in [4.69, 9.17) is 27.9 Å². The van der Waals surface area contributed by atoms with Crippen molar-refractivity contribution in [3.05, 3.63) is 28.0 Å². The molecule has 1 aromatic heterocycles. The van der Waals surface area contributed by atoms with Crippen molar-refractivity contribution in [3.63, 3.8) is 0 Å². The number of halogens is 2. The van der Waals surface area contributed by atoms with E-state index < -0.39 is 11.9 Å². The molecule has 0 spiro atoms. The molecule has 8 heteroatoms. The van der Waals surface area contributed by atoms with Crippen molar-refractivity contribution in [1.82, 2.24) is 15.2 Å². The van der Waals surface area contributed by atoms with Gasteiger partial charge in [-0.25, -0.2) is 4.98 Å². The third kappa shape index (κ3) is 4.06. The first-order valence-corrected chi connectivity index (χ1v) is 7.23. The molecular formula is C13H15Cl2N3O3. The largest absolute Gasteiger partial charge is 0.378 e. The Labute approximate surface area is 132 Å². The molecule has 114 valence electrons. The van der Waals surface area contributed by atoms with Crippen LogP contribution in [0.1, 0.15) is 17.3 Å². The van der Waals surface area contributed by atoms with Crippen LogP contribution in [0.3, 0.4) is 0 Å². The first-order chi connectivity index (χ1) is 9.99. The summed E-state index contributed by atoms with van der Waals surface area (Å²) in [5.74, 6) is -0.560. The van der Waals surface area contributed by atoms with Gasteiger partial charge in [0, 0.05) is 19.3 Å². The Morgan fingerprint density at radius 3 is 2.67 bits per heavy atom. The maximum atomic E-state index is 12.2. The topological polar surface area (TPSA) is 71.5 Å². The molecule has 1 fully saturated rings.